The maximum atomic E-state index is 9.77. The van der Waals surface area contributed by atoms with Gasteiger partial charge in [-0.3, -0.25) is 0 Å². The normalized spacial score (nSPS) is 14.7. The van der Waals surface area contributed by atoms with E-state index in [0.717, 1.165) is 17.7 Å². The van der Waals surface area contributed by atoms with Crippen molar-refractivity contribution in [3.63, 3.8) is 0 Å². The average Bonchev–Trinajstić information content (AvgIpc) is 2.25. The molecule has 0 bridgehead atoms. The van der Waals surface area contributed by atoms with Crippen molar-refractivity contribution in [2.75, 3.05) is 6.61 Å². The fraction of sp³-hybridized carbons (Fsp3) is 0.500. The molecule has 3 heteroatoms. The van der Waals surface area contributed by atoms with Crippen molar-refractivity contribution < 1.29 is 9.84 Å². The van der Waals surface area contributed by atoms with Crippen LogP contribution in [0.25, 0.3) is 0 Å². The number of rotatable bonds is 5. The molecule has 1 aromatic rings. The van der Waals surface area contributed by atoms with E-state index in [4.69, 9.17) is 10.5 Å². The van der Waals surface area contributed by atoms with E-state index in [1.165, 1.54) is 0 Å². The second-order valence-corrected chi connectivity index (χ2v) is 3.72. The molecule has 2 unspecified atom stereocenters. The molecule has 0 aliphatic heterocycles. The highest BCUT2D eigenvalue weighted by atomic mass is 16.5. The van der Waals surface area contributed by atoms with Crippen molar-refractivity contribution in [2.45, 2.75) is 32.4 Å². The van der Waals surface area contributed by atoms with E-state index in [9.17, 15) is 5.11 Å². The second kappa shape index (κ2) is 5.73. The quantitative estimate of drug-likeness (QED) is 0.778. The zero-order valence-electron chi connectivity index (χ0n) is 9.31. The Morgan fingerprint density at radius 2 is 2.20 bits per heavy atom. The van der Waals surface area contributed by atoms with Gasteiger partial charge >= 0.3 is 0 Å². The minimum atomic E-state index is -0.629. The van der Waals surface area contributed by atoms with E-state index in [2.05, 4.69) is 6.92 Å². The van der Waals surface area contributed by atoms with Gasteiger partial charge in [0, 0.05) is 6.04 Å². The summed E-state index contributed by atoms with van der Waals surface area (Å²) in [5, 5.41) is 9.77. The molecule has 0 fully saturated rings. The molecule has 0 aliphatic carbocycles. The Bertz CT molecular complexity index is 299. The molecule has 0 saturated heterocycles. The minimum Gasteiger partial charge on any atom is -0.494 e. The standard InChI is InChI=1S/C12H19NO2/c1-3-7-15-11-6-4-5-10(8-11)12(14)9(2)13/h4-6,8-9,12,14H,3,7,13H2,1-2H3. The van der Waals surface area contributed by atoms with Crippen LogP contribution >= 0.6 is 0 Å². The Morgan fingerprint density at radius 1 is 1.47 bits per heavy atom. The van der Waals surface area contributed by atoms with Crippen LogP contribution in [0, 0.1) is 0 Å². The third kappa shape index (κ3) is 3.53. The van der Waals surface area contributed by atoms with E-state index < -0.39 is 6.10 Å². The SMILES string of the molecule is CCCOc1cccc(C(O)C(C)N)c1. The largest absolute Gasteiger partial charge is 0.494 e. The smallest absolute Gasteiger partial charge is 0.119 e. The van der Waals surface area contributed by atoms with Gasteiger partial charge in [-0.05, 0) is 31.0 Å². The Morgan fingerprint density at radius 3 is 2.80 bits per heavy atom. The van der Waals surface area contributed by atoms with Gasteiger partial charge in [-0.25, -0.2) is 0 Å². The van der Waals surface area contributed by atoms with Crippen LogP contribution in [0.4, 0.5) is 0 Å². The maximum absolute atomic E-state index is 9.77. The molecule has 0 amide bonds. The van der Waals surface area contributed by atoms with Crippen molar-refractivity contribution >= 4 is 0 Å². The van der Waals surface area contributed by atoms with Crippen molar-refractivity contribution in [3.05, 3.63) is 29.8 Å². The van der Waals surface area contributed by atoms with E-state index >= 15 is 0 Å². The van der Waals surface area contributed by atoms with Gasteiger partial charge in [-0.1, -0.05) is 19.1 Å². The molecule has 0 aliphatic rings. The summed E-state index contributed by atoms with van der Waals surface area (Å²) in [5.41, 5.74) is 6.43. The summed E-state index contributed by atoms with van der Waals surface area (Å²) in [5.74, 6) is 0.786. The molecule has 1 rings (SSSR count). The van der Waals surface area contributed by atoms with Crippen molar-refractivity contribution in [1.82, 2.24) is 0 Å². The summed E-state index contributed by atoms with van der Waals surface area (Å²) >= 11 is 0. The van der Waals surface area contributed by atoms with E-state index in [-0.39, 0.29) is 6.04 Å². The van der Waals surface area contributed by atoms with Gasteiger partial charge < -0.3 is 15.6 Å². The molecule has 84 valence electrons. The molecule has 2 atom stereocenters. The van der Waals surface area contributed by atoms with Crippen molar-refractivity contribution in [2.24, 2.45) is 5.73 Å². The van der Waals surface area contributed by atoms with E-state index in [1.54, 1.807) is 6.92 Å². The number of hydrogen-bond acceptors (Lipinski definition) is 3. The summed E-state index contributed by atoms with van der Waals surface area (Å²) in [6, 6.07) is 7.17. The van der Waals surface area contributed by atoms with Gasteiger partial charge in [0.25, 0.3) is 0 Å². The zero-order chi connectivity index (χ0) is 11.3. The van der Waals surface area contributed by atoms with Crippen LogP contribution in [-0.2, 0) is 0 Å². The van der Waals surface area contributed by atoms with Gasteiger partial charge in [-0.15, -0.1) is 0 Å². The maximum Gasteiger partial charge on any atom is 0.119 e. The number of benzene rings is 1. The lowest BCUT2D eigenvalue weighted by Gasteiger charge is -2.15. The Labute approximate surface area is 90.9 Å². The lowest BCUT2D eigenvalue weighted by molar-refractivity contribution is 0.153. The summed E-state index contributed by atoms with van der Waals surface area (Å²) < 4.78 is 5.47. The zero-order valence-corrected chi connectivity index (χ0v) is 9.31. The fourth-order valence-corrected chi connectivity index (χ4v) is 1.31. The highest BCUT2D eigenvalue weighted by molar-refractivity contribution is 5.30. The van der Waals surface area contributed by atoms with Crippen LogP contribution in [0.5, 0.6) is 5.75 Å². The fourth-order valence-electron chi connectivity index (χ4n) is 1.31. The highest BCUT2D eigenvalue weighted by Gasteiger charge is 2.12. The third-order valence-corrected chi connectivity index (χ3v) is 2.17. The van der Waals surface area contributed by atoms with Crippen LogP contribution in [0.2, 0.25) is 0 Å². The lowest BCUT2D eigenvalue weighted by Crippen LogP contribution is -2.24. The Hall–Kier alpha value is -1.06. The monoisotopic (exact) mass is 209 g/mol. The van der Waals surface area contributed by atoms with Crippen molar-refractivity contribution in [1.29, 1.82) is 0 Å². The van der Waals surface area contributed by atoms with Crippen LogP contribution in [0.3, 0.4) is 0 Å². The summed E-state index contributed by atoms with van der Waals surface area (Å²) in [6.45, 7) is 4.53. The van der Waals surface area contributed by atoms with Gasteiger partial charge in [0.1, 0.15) is 5.75 Å². The molecule has 1 aromatic carbocycles. The van der Waals surface area contributed by atoms with Gasteiger partial charge in [0.2, 0.25) is 0 Å². The van der Waals surface area contributed by atoms with Gasteiger partial charge in [0.05, 0.1) is 12.7 Å². The Kier molecular flexibility index (Phi) is 4.59. The van der Waals surface area contributed by atoms with E-state index in [1.807, 2.05) is 24.3 Å². The third-order valence-electron chi connectivity index (χ3n) is 2.17. The first-order valence-electron chi connectivity index (χ1n) is 5.31. The summed E-state index contributed by atoms with van der Waals surface area (Å²) in [4.78, 5) is 0. The molecule has 3 N–H and O–H groups in total. The van der Waals surface area contributed by atoms with Crippen molar-refractivity contribution in [3.8, 4) is 5.75 Å². The predicted molar refractivity (Wildman–Crippen MR) is 60.8 cm³/mol. The first-order valence-corrected chi connectivity index (χ1v) is 5.31. The van der Waals surface area contributed by atoms with Crippen LogP contribution in [-0.4, -0.2) is 17.8 Å². The molecule has 0 aromatic heterocycles. The summed E-state index contributed by atoms with van der Waals surface area (Å²) in [7, 11) is 0. The predicted octanol–water partition coefficient (Wildman–Crippen LogP) is 1.86. The molecule has 0 saturated carbocycles. The molecular formula is C12H19NO2. The number of aliphatic hydroxyl groups is 1. The number of nitrogens with two attached hydrogens (primary N) is 1. The second-order valence-electron chi connectivity index (χ2n) is 3.72. The van der Waals surface area contributed by atoms with Gasteiger partial charge in [-0.2, -0.15) is 0 Å². The number of ether oxygens (including phenoxy) is 1. The number of hydrogen-bond donors (Lipinski definition) is 2. The first-order chi connectivity index (χ1) is 7.15. The highest BCUT2D eigenvalue weighted by Crippen LogP contribution is 2.20. The Balaban J connectivity index is 2.73. The molecule has 0 heterocycles. The van der Waals surface area contributed by atoms with E-state index in [0.29, 0.717) is 6.61 Å². The lowest BCUT2D eigenvalue weighted by atomic mass is 10.0. The number of aliphatic hydroxyl groups excluding tert-OH is 1. The van der Waals surface area contributed by atoms with Crippen LogP contribution in [0.1, 0.15) is 31.9 Å². The minimum absolute atomic E-state index is 0.272. The first kappa shape index (κ1) is 12.0. The average molecular weight is 209 g/mol. The molecule has 0 radical (unpaired) electrons. The molecule has 0 spiro atoms. The van der Waals surface area contributed by atoms with Gasteiger partial charge in [0.15, 0.2) is 0 Å². The topological polar surface area (TPSA) is 55.5 Å². The van der Waals surface area contributed by atoms with Crippen LogP contribution in [0.15, 0.2) is 24.3 Å². The molecule has 15 heavy (non-hydrogen) atoms. The molecular weight excluding hydrogens is 190 g/mol. The molecule has 3 nitrogen and oxygen atoms in total. The van der Waals surface area contributed by atoms with Crippen LogP contribution < -0.4 is 10.5 Å². The summed E-state index contributed by atoms with van der Waals surface area (Å²) in [6.07, 6.45) is 0.343.